The molecule has 0 aliphatic heterocycles. The molecule has 3 nitrogen and oxygen atoms in total. The summed E-state index contributed by atoms with van der Waals surface area (Å²) in [6.45, 7) is 0.766. The molecule has 0 atom stereocenters. The molecular weight excluding hydrogens is 356 g/mol. The van der Waals surface area contributed by atoms with E-state index >= 15 is 0 Å². The summed E-state index contributed by atoms with van der Waals surface area (Å²) in [4.78, 5) is 3.91. The summed E-state index contributed by atoms with van der Waals surface area (Å²) in [6.07, 6.45) is 4.65. The van der Waals surface area contributed by atoms with Gasteiger partial charge in [0.15, 0.2) is 5.96 Å². The Morgan fingerprint density at radius 2 is 1.89 bits per heavy atom. The first-order chi connectivity index (χ1) is 8.66. The van der Waals surface area contributed by atoms with Crippen molar-refractivity contribution >= 4 is 29.9 Å². The Labute approximate surface area is 130 Å². The molecule has 0 heterocycles. The third kappa shape index (κ3) is 3.81. The van der Waals surface area contributed by atoms with Crippen LogP contribution in [0.1, 0.15) is 31.2 Å². The second-order valence-corrected chi connectivity index (χ2v) is 4.96. The molecule has 0 aromatic heterocycles. The molecule has 3 N–H and O–H groups in total. The second-order valence-electron chi connectivity index (χ2n) is 4.96. The topological polar surface area (TPSA) is 50.4 Å². The van der Waals surface area contributed by atoms with E-state index in [0.717, 1.165) is 19.4 Å². The van der Waals surface area contributed by atoms with Gasteiger partial charge in [0.25, 0.3) is 0 Å². The lowest BCUT2D eigenvalue weighted by atomic mass is 9.79. The van der Waals surface area contributed by atoms with Crippen molar-refractivity contribution in [3.63, 3.8) is 0 Å². The molecule has 1 aliphatic rings. The van der Waals surface area contributed by atoms with Crippen LogP contribution >= 0.6 is 24.0 Å². The van der Waals surface area contributed by atoms with Gasteiger partial charge in [-0.2, -0.15) is 0 Å². The lowest BCUT2D eigenvalue weighted by molar-refractivity contribution is 0.432. The van der Waals surface area contributed by atoms with Crippen LogP contribution in [0, 0.1) is 5.82 Å². The predicted octanol–water partition coefficient (Wildman–Crippen LogP) is 2.79. The van der Waals surface area contributed by atoms with E-state index in [1.165, 1.54) is 30.5 Å². The van der Waals surface area contributed by atoms with E-state index in [1.54, 1.807) is 7.05 Å². The first-order valence-corrected chi connectivity index (χ1v) is 6.38. The minimum atomic E-state index is -0.186. The van der Waals surface area contributed by atoms with E-state index in [4.69, 9.17) is 5.73 Å². The number of rotatable bonds is 3. The van der Waals surface area contributed by atoms with Crippen molar-refractivity contribution in [3.8, 4) is 0 Å². The number of nitrogens with two attached hydrogens (primary N) is 1. The van der Waals surface area contributed by atoms with E-state index in [-0.39, 0.29) is 35.2 Å². The highest BCUT2D eigenvalue weighted by Gasteiger charge is 2.35. The van der Waals surface area contributed by atoms with E-state index < -0.39 is 0 Å². The van der Waals surface area contributed by atoms with Crippen molar-refractivity contribution in [2.75, 3.05) is 13.6 Å². The smallest absolute Gasteiger partial charge is 0.188 e. The lowest BCUT2D eigenvalue weighted by Crippen LogP contribution is -2.42. The van der Waals surface area contributed by atoms with Crippen LogP contribution in [-0.2, 0) is 5.41 Å². The molecule has 1 aliphatic carbocycles. The maximum Gasteiger partial charge on any atom is 0.188 e. The van der Waals surface area contributed by atoms with Crippen molar-refractivity contribution in [1.29, 1.82) is 0 Å². The number of hydrogen-bond donors (Lipinski definition) is 2. The Morgan fingerprint density at radius 1 is 1.32 bits per heavy atom. The van der Waals surface area contributed by atoms with Crippen LogP contribution in [0.4, 0.5) is 4.39 Å². The highest BCUT2D eigenvalue weighted by molar-refractivity contribution is 14.0. The maximum atomic E-state index is 13.0. The second kappa shape index (κ2) is 7.07. The van der Waals surface area contributed by atoms with Crippen LogP contribution in [0.2, 0.25) is 0 Å². The molecule has 0 bridgehead atoms. The molecule has 0 radical (unpaired) electrons. The number of nitrogens with zero attached hydrogens (tertiary/aromatic N) is 1. The standard InChI is InChI=1S/C14H20FN3.HI/c1-17-13(16)18-10-14(8-2-3-9-14)11-4-6-12(15)7-5-11;/h4-7H,2-3,8-10H2,1H3,(H3,16,17,18);1H. The molecule has 1 saturated carbocycles. The van der Waals surface area contributed by atoms with Crippen molar-refractivity contribution in [3.05, 3.63) is 35.6 Å². The van der Waals surface area contributed by atoms with Gasteiger partial charge in [-0.25, -0.2) is 4.39 Å². The minimum Gasteiger partial charge on any atom is -0.370 e. The fourth-order valence-corrected chi connectivity index (χ4v) is 2.76. The fourth-order valence-electron chi connectivity index (χ4n) is 2.76. The molecule has 19 heavy (non-hydrogen) atoms. The molecule has 106 valence electrons. The lowest BCUT2D eigenvalue weighted by Gasteiger charge is -2.30. The van der Waals surface area contributed by atoms with Gasteiger partial charge in [0.1, 0.15) is 5.82 Å². The van der Waals surface area contributed by atoms with E-state index in [2.05, 4.69) is 10.3 Å². The summed E-state index contributed by atoms with van der Waals surface area (Å²) < 4.78 is 13.0. The molecule has 0 spiro atoms. The van der Waals surface area contributed by atoms with Gasteiger partial charge < -0.3 is 11.1 Å². The van der Waals surface area contributed by atoms with Crippen molar-refractivity contribution in [1.82, 2.24) is 5.32 Å². The monoisotopic (exact) mass is 377 g/mol. The zero-order valence-corrected chi connectivity index (χ0v) is 13.5. The van der Waals surface area contributed by atoms with Crippen LogP contribution in [0.15, 0.2) is 29.3 Å². The Bertz CT molecular complexity index is 425. The molecule has 0 saturated heterocycles. The summed E-state index contributed by atoms with van der Waals surface area (Å²) >= 11 is 0. The van der Waals surface area contributed by atoms with Crippen LogP contribution in [0.25, 0.3) is 0 Å². The number of hydrogen-bond acceptors (Lipinski definition) is 1. The number of guanidine groups is 1. The van der Waals surface area contributed by atoms with Gasteiger partial charge in [0.2, 0.25) is 0 Å². The van der Waals surface area contributed by atoms with Crippen LogP contribution < -0.4 is 11.1 Å². The zero-order valence-electron chi connectivity index (χ0n) is 11.2. The average Bonchev–Trinajstić information content (AvgIpc) is 2.87. The van der Waals surface area contributed by atoms with E-state index in [1.807, 2.05) is 12.1 Å². The number of benzene rings is 1. The normalized spacial score (nSPS) is 17.9. The summed E-state index contributed by atoms with van der Waals surface area (Å²) in [7, 11) is 1.67. The molecule has 0 unspecified atom stereocenters. The van der Waals surface area contributed by atoms with Crippen molar-refractivity contribution in [2.24, 2.45) is 10.7 Å². The molecular formula is C14H21FIN3. The molecule has 1 fully saturated rings. The summed E-state index contributed by atoms with van der Waals surface area (Å²) in [5, 5.41) is 3.16. The van der Waals surface area contributed by atoms with Gasteiger partial charge in [-0.05, 0) is 30.5 Å². The molecule has 5 heteroatoms. The Hall–Kier alpha value is -0.850. The van der Waals surface area contributed by atoms with Gasteiger partial charge in [-0.1, -0.05) is 25.0 Å². The SMILES string of the molecule is CN=C(N)NCC1(c2ccc(F)cc2)CCCC1.I. The molecule has 1 aromatic carbocycles. The van der Waals surface area contributed by atoms with Crippen molar-refractivity contribution < 1.29 is 4.39 Å². The average molecular weight is 377 g/mol. The van der Waals surface area contributed by atoms with Crippen LogP contribution in [0.5, 0.6) is 0 Å². The molecule has 1 aromatic rings. The maximum absolute atomic E-state index is 13.0. The van der Waals surface area contributed by atoms with Crippen molar-refractivity contribution in [2.45, 2.75) is 31.1 Å². The molecule has 2 rings (SSSR count). The van der Waals surface area contributed by atoms with Gasteiger partial charge in [0, 0.05) is 19.0 Å². The highest BCUT2D eigenvalue weighted by Crippen LogP contribution is 2.40. The summed E-state index contributed by atoms with van der Waals surface area (Å²) in [5.74, 6) is 0.276. The fraction of sp³-hybridized carbons (Fsp3) is 0.500. The Morgan fingerprint density at radius 3 is 2.42 bits per heavy atom. The molecule has 0 amide bonds. The highest BCUT2D eigenvalue weighted by atomic mass is 127. The number of aliphatic imine (C=N–C) groups is 1. The number of nitrogens with one attached hydrogen (secondary N) is 1. The van der Waals surface area contributed by atoms with E-state index in [9.17, 15) is 4.39 Å². The Kier molecular flexibility index (Phi) is 6.03. The Balaban J connectivity index is 0.00000180. The third-order valence-corrected chi connectivity index (χ3v) is 3.87. The summed E-state index contributed by atoms with van der Waals surface area (Å²) in [6, 6.07) is 6.85. The summed E-state index contributed by atoms with van der Waals surface area (Å²) in [5.41, 5.74) is 6.96. The van der Waals surface area contributed by atoms with Gasteiger partial charge in [-0.15, -0.1) is 24.0 Å². The first-order valence-electron chi connectivity index (χ1n) is 6.38. The third-order valence-electron chi connectivity index (χ3n) is 3.87. The first kappa shape index (κ1) is 16.2. The van der Waals surface area contributed by atoms with Gasteiger partial charge in [-0.3, -0.25) is 4.99 Å². The minimum absolute atomic E-state index is 0. The van der Waals surface area contributed by atoms with Crippen LogP contribution in [0.3, 0.4) is 0 Å². The van der Waals surface area contributed by atoms with Gasteiger partial charge in [0.05, 0.1) is 0 Å². The van der Waals surface area contributed by atoms with Crippen LogP contribution in [-0.4, -0.2) is 19.6 Å². The quantitative estimate of drug-likeness (QED) is 0.484. The van der Waals surface area contributed by atoms with E-state index in [0.29, 0.717) is 5.96 Å². The van der Waals surface area contributed by atoms with Gasteiger partial charge >= 0.3 is 0 Å². The largest absolute Gasteiger partial charge is 0.370 e. The zero-order chi connectivity index (χ0) is 13.0. The number of halogens is 2. The predicted molar refractivity (Wildman–Crippen MR) is 87.5 cm³/mol.